The Morgan fingerprint density at radius 2 is 1.73 bits per heavy atom. The molecule has 1 fully saturated rings. The van der Waals surface area contributed by atoms with Crippen LogP contribution in [0.25, 0.3) is 10.2 Å². The number of hydrogen-bond donors (Lipinski definition) is 1. The van der Waals surface area contributed by atoms with E-state index < -0.39 is 10.0 Å². The Morgan fingerprint density at radius 1 is 1.00 bits per heavy atom. The molecule has 41 heavy (non-hydrogen) atoms. The van der Waals surface area contributed by atoms with E-state index >= 15 is 0 Å². The molecule has 0 saturated carbocycles. The Labute approximate surface area is 255 Å². The summed E-state index contributed by atoms with van der Waals surface area (Å²) in [6, 6.07) is 17.7. The first-order chi connectivity index (χ1) is 19.3. The van der Waals surface area contributed by atoms with Crippen molar-refractivity contribution in [1.29, 1.82) is 0 Å². The van der Waals surface area contributed by atoms with Crippen molar-refractivity contribution >= 4 is 72.3 Å². The predicted molar refractivity (Wildman–Crippen MR) is 169 cm³/mol. The minimum Gasteiger partial charge on any atom is -0.351 e. The molecule has 0 bridgehead atoms. The van der Waals surface area contributed by atoms with Gasteiger partial charge in [-0.2, -0.15) is 0 Å². The molecule has 1 saturated heterocycles. The van der Waals surface area contributed by atoms with Crippen molar-refractivity contribution < 1.29 is 13.2 Å². The number of anilines is 2. The molecule has 0 aliphatic carbocycles. The molecule has 1 N–H and O–H groups in total. The quantitative estimate of drug-likeness (QED) is 0.310. The Morgan fingerprint density at radius 3 is 2.46 bits per heavy atom. The van der Waals surface area contributed by atoms with Gasteiger partial charge < -0.3 is 10.2 Å². The molecule has 0 radical (unpaired) electrons. The summed E-state index contributed by atoms with van der Waals surface area (Å²) in [5.74, 6) is -0.212. The number of thiazole rings is 1. The number of fused-ring (bicyclic) bond motifs is 2. The molecule has 1 amide bonds. The molecule has 4 aromatic rings. The molecule has 12 heteroatoms. The smallest absolute Gasteiger partial charge is 0.264 e. The van der Waals surface area contributed by atoms with Crippen molar-refractivity contribution in [2.45, 2.75) is 18.2 Å². The third kappa shape index (κ3) is 5.89. The molecule has 8 nitrogen and oxygen atoms in total. The number of carbonyl (C=O) groups is 1. The van der Waals surface area contributed by atoms with Crippen LogP contribution in [0.1, 0.15) is 21.5 Å². The Kier molecular flexibility index (Phi) is 8.77. The third-order valence-corrected chi connectivity index (χ3v) is 11.0. The van der Waals surface area contributed by atoms with Gasteiger partial charge in [-0.05, 0) is 60.9 Å². The van der Waals surface area contributed by atoms with Gasteiger partial charge in [-0.25, -0.2) is 13.4 Å². The van der Waals surface area contributed by atoms with Crippen LogP contribution in [0.4, 0.5) is 10.8 Å². The normalized spacial score (nSPS) is 15.6. The molecule has 0 spiro atoms. The van der Waals surface area contributed by atoms with Crippen molar-refractivity contribution in [3.8, 4) is 0 Å². The minimum absolute atomic E-state index is 0. The summed E-state index contributed by atoms with van der Waals surface area (Å²) in [7, 11) is -3.68. The van der Waals surface area contributed by atoms with Gasteiger partial charge in [0.15, 0.2) is 5.13 Å². The van der Waals surface area contributed by atoms with Gasteiger partial charge in [0.05, 0.1) is 25.8 Å². The average molecular weight is 633 g/mol. The van der Waals surface area contributed by atoms with Crippen molar-refractivity contribution in [2.24, 2.45) is 0 Å². The van der Waals surface area contributed by atoms with Crippen LogP contribution in [0, 0.1) is 6.92 Å². The highest BCUT2D eigenvalue weighted by Gasteiger charge is 2.30. The molecule has 2 aliphatic rings. The Balaban J connectivity index is 0.00000337. The predicted octanol–water partition coefficient (Wildman–Crippen LogP) is 4.98. The van der Waals surface area contributed by atoms with Crippen LogP contribution >= 0.6 is 35.3 Å². The molecule has 1 aromatic heterocycles. The van der Waals surface area contributed by atoms with Crippen molar-refractivity contribution in [3.63, 3.8) is 0 Å². The SMILES string of the molecule is Cc1ccc(Cl)c2sc(N3CCN(CCNC(=O)c4ccc(S(=O)(=O)N5CCc6ccccc65)cc4)CC3)nc12.Cl. The molecule has 0 unspecified atom stereocenters. The van der Waals surface area contributed by atoms with Crippen LogP contribution in [0.5, 0.6) is 0 Å². The van der Waals surface area contributed by atoms with E-state index in [4.69, 9.17) is 16.6 Å². The maximum Gasteiger partial charge on any atom is 0.264 e. The van der Waals surface area contributed by atoms with Gasteiger partial charge in [0, 0.05) is 51.4 Å². The fraction of sp³-hybridized carbons (Fsp3) is 0.310. The first-order valence-corrected chi connectivity index (χ1v) is 16.0. The van der Waals surface area contributed by atoms with E-state index in [9.17, 15) is 13.2 Å². The zero-order chi connectivity index (χ0) is 27.9. The van der Waals surface area contributed by atoms with Gasteiger partial charge in [0.2, 0.25) is 0 Å². The van der Waals surface area contributed by atoms with Crippen LogP contribution in [-0.4, -0.2) is 70.0 Å². The lowest BCUT2D eigenvalue weighted by Gasteiger charge is -2.34. The second-order valence-electron chi connectivity index (χ2n) is 10.1. The number of amides is 1. The van der Waals surface area contributed by atoms with E-state index in [1.165, 1.54) is 16.4 Å². The maximum absolute atomic E-state index is 13.2. The van der Waals surface area contributed by atoms with Gasteiger partial charge in [0.25, 0.3) is 15.9 Å². The molecular formula is C29H31Cl2N5O3S2. The number of aromatic nitrogens is 1. The molecule has 3 heterocycles. The maximum atomic E-state index is 13.2. The number of piperazine rings is 1. The molecule has 216 valence electrons. The number of nitrogens with zero attached hydrogens (tertiary/aromatic N) is 4. The number of para-hydroxylation sites is 1. The first-order valence-electron chi connectivity index (χ1n) is 13.3. The molecule has 0 atom stereocenters. The zero-order valence-electron chi connectivity index (χ0n) is 22.5. The largest absolute Gasteiger partial charge is 0.351 e. The van der Waals surface area contributed by atoms with Crippen molar-refractivity contribution in [2.75, 3.05) is 55.0 Å². The van der Waals surface area contributed by atoms with Crippen LogP contribution < -0.4 is 14.5 Å². The highest BCUT2D eigenvalue weighted by Crippen LogP contribution is 2.36. The molecule has 2 aliphatic heterocycles. The number of rotatable bonds is 7. The lowest BCUT2D eigenvalue weighted by atomic mass is 10.2. The highest BCUT2D eigenvalue weighted by atomic mass is 35.5. The third-order valence-electron chi connectivity index (χ3n) is 7.59. The van der Waals surface area contributed by atoms with E-state index in [2.05, 4.69) is 22.0 Å². The summed E-state index contributed by atoms with van der Waals surface area (Å²) in [5, 5.41) is 4.71. The van der Waals surface area contributed by atoms with Crippen LogP contribution in [0.3, 0.4) is 0 Å². The standard InChI is InChI=1S/C29H30ClN5O3S2.ClH/c1-20-6-11-24(30)27-26(20)32-29(39-27)34-18-16-33(17-19-34)15-13-31-28(36)22-7-9-23(10-8-22)40(37,38)35-14-12-21-4-2-3-5-25(21)35;/h2-11H,12-19H2,1H3,(H,31,36);1H. The van der Waals surface area contributed by atoms with Crippen LogP contribution in [0.2, 0.25) is 5.02 Å². The van der Waals surface area contributed by atoms with Gasteiger partial charge in [0.1, 0.15) is 0 Å². The topological polar surface area (TPSA) is 85.8 Å². The average Bonchev–Trinajstić information content (AvgIpc) is 3.62. The number of aryl methyl sites for hydroxylation is 1. The second kappa shape index (κ2) is 12.1. The number of nitrogens with one attached hydrogen (secondary N) is 1. The summed E-state index contributed by atoms with van der Waals surface area (Å²) in [6.45, 7) is 7.22. The monoisotopic (exact) mass is 631 g/mol. The van der Waals surface area contributed by atoms with Gasteiger partial charge in [-0.15, -0.1) is 12.4 Å². The molecule has 3 aromatic carbocycles. The Bertz CT molecular complexity index is 1630. The van der Waals surface area contributed by atoms with E-state index in [-0.39, 0.29) is 23.2 Å². The van der Waals surface area contributed by atoms with Crippen LogP contribution in [0.15, 0.2) is 65.6 Å². The number of carbonyl (C=O) groups excluding carboxylic acids is 1. The van der Waals surface area contributed by atoms with E-state index in [0.29, 0.717) is 25.1 Å². The summed E-state index contributed by atoms with van der Waals surface area (Å²) >= 11 is 8.02. The number of sulfonamides is 1. The summed E-state index contributed by atoms with van der Waals surface area (Å²) in [6.07, 6.45) is 0.696. The first kappa shape index (κ1) is 29.6. The molecular weight excluding hydrogens is 601 g/mol. The van der Waals surface area contributed by atoms with Crippen LogP contribution in [-0.2, 0) is 16.4 Å². The summed E-state index contributed by atoms with van der Waals surface area (Å²) in [4.78, 5) is 22.4. The summed E-state index contributed by atoms with van der Waals surface area (Å²) in [5.41, 5.74) is 4.30. The molecule has 6 rings (SSSR count). The van der Waals surface area contributed by atoms with E-state index in [1.807, 2.05) is 36.4 Å². The van der Waals surface area contributed by atoms with Gasteiger partial charge in [-0.3, -0.25) is 14.0 Å². The van der Waals surface area contributed by atoms with E-state index in [0.717, 1.165) is 69.9 Å². The fourth-order valence-corrected chi connectivity index (χ4v) is 8.15. The summed E-state index contributed by atoms with van der Waals surface area (Å²) < 4.78 is 28.9. The van der Waals surface area contributed by atoms with Gasteiger partial charge in [-0.1, -0.05) is 47.2 Å². The van der Waals surface area contributed by atoms with Crippen molar-refractivity contribution in [1.82, 2.24) is 15.2 Å². The number of halogens is 2. The zero-order valence-corrected chi connectivity index (χ0v) is 25.8. The second-order valence-corrected chi connectivity index (χ2v) is 13.4. The van der Waals surface area contributed by atoms with Crippen molar-refractivity contribution in [3.05, 3.63) is 82.4 Å². The number of hydrogen-bond acceptors (Lipinski definition) is 7. The lowest BCUT2D eigenvalue weighted by molar-refractivity contribution is 0.0947. The van der Waals surface area contributed by atoms with Gasteiger partial charge >= 0.3 is 0 Å². The lowest BCUT2D eigenvalue weighted by Crippen LogP contribution is -2.48. The fourth-order valence-electron chi connectivity index (χ4n) is 5.28. The minimum atomic E-state index is -3.68. The highest BCUT2D eigenvalue weighted by molar-refractivity contribution is 7.92. The Hall–Kier alpha value is -2.89. The number of benzene rings is 3. The van der Waals surface area contributed by atoms with E-state index in [1.54, 1.807) is 23.5 Å².